The van der Waals surface area contributed by atoms with Gasteiger partial charge in [0.15, 0.2) is 0 Å². The van der Waals surface area contributed by atoms with Gasteiger partial charge in [0, 0.05) is 24.3 Å². The van der Waals surface area contributed by atoms with Gasteiger partial charge in [0.25, 0.3) is 5.91 Å². The van der Waals surface area contributed by atoms with Crippen molar-refractivity contribution in [3.8, 4) is 5.75 Å². The second kappa shape index (κ2) is 9.22. The first kappa shape index (κ1) is 23.0. The van der Waals surface area contributed by atoms with Gasteiger partial charge in [-0.1, -0.05) is 6.07 Å². The maximum absolute atomic E-state index is 12.8. The number of rotatable bonds is 7. The molecule has 0 saturated carbocycles. The van der Waals surface area contributed by atoms with Gasteiger partial charge in [-0.2, -0.15) is 4.31 Å². The van der Waals surface area contributed by atoms with Gasteiger partial charge in [-0.15, -0.1) is 0 Å². The van der Waals surface area contributed by atoms with Crippen molar-refractivity contribution < 1.29 is 31.1 Å². The Labute approximate surface area is 181 Å². The smallest absolute Gasteiger partial charge is 0.255 e. The van der Waals surface area contributed by atoms with Crippen LogP contribution in [0.4, 0.5) is 11.4 Å². The van der Waals surface area contributed by atoms with Crippen LogP contribution in [0.15, 0.2) is 47.4 Å². The van der Waals surface area contributed by atoms with Crippen LogP contribution < -0.4 is 14.8 Å². The minimum absolute atomic E-state index is 0.0104. The van der Waals surface area contributed by atoms with E-state index in [1.165, 1.54) is 47.8 Å². The molecule has 0 bridgehead atoms. The summed E-state index contributed by atoms with van der Waals surface area (Å²) in [6.07, 6.45) is 0.998. The van der Waals surface area contributed by atoms with Crippen molar-refractivity contribution in [2.24, 2.45) is 0 Å². The summed E-state index contributed by atoms with van der Waals surface area (Å²) in [6.45, 7) is 1.14. The van der Waals surface area contributed by atoms with Gasteiger partial charge in [0.1, 0.15) is 5.75 Å². The summed E-state index contributed by atoms with van der Waals surface area (Å²) >= 11 is 0. The summed E-state index contributed by atoms with van der Waals surface area (Å²) in [5, 5.41) is 2.64. The van der Waals surface area contributed by atoms with Crippen molar-refractivity contribution in [2.45, 2.75) is 4.90 Å². The van der Waals surface area contributed by atoms with Gasteiger partial charge in [-0.05, 0) is 36.4 Å². The van der Waals surface area contributed by atoms with Crippen LogP contribution in [0.5, 0.6) is 5.75 Å². The van der Waals surface area contributed by atoms with E-state index in [1.54, 1.807) is 6.07 Å². The third kappa shape index (κ3) is 5.73. The van der Waals surface area contributed by atoms with Crippen molar-refractivity contribution in [2.75, 3.05) is 49.7 Å². The van der Waals surface area contributed by atoms with Crippen LogP contribution in [0.25, 0.3) is 0 Å². The fraction of sp³-hybridized carbons (Fsp3) is 0.316. The Kier molecular flexibility index (Phi) is 6.84. The van der Waals surface area contributed by atoms with Crippen molar-refractivity contribution >= 4 is 37.3 Å². The van der Waals surface area contributed by atoms with Crippen molar-refractivity contribution in [1.82, 2.24) is 4.31 Å². The van der Waals surface area contributed by atoms with Crippen molar-refractivity contribution in [1.29, 1.82) is 0 Å². The zero-order valence-corrected chi connectivity index (χ0v) is 18.6. The quantitative estimate of drug-likeness (QED) is 0.626. The molecular formula is C19H23N3O7S2. The first-order valence-electron chi connectivity index (χ1n) is 9.25. The number of morpholine rings is 1. The van der Waals surface area contributed by atoms with Gasteiger partial charge >= 0.3 is 0 Å². The largest absolute Gasteiger partial charge is 0.495 e. The average molecular weight is 470 g/mol. The number of nitrogens with one attached hydrogen (secondary N) is 2. The molecule has 3 rings (SSSR count). The normalized spacial score (nSPS) is 15.3. The number of sulfonamides is 2. The number of carbonyl (C=O) groups excluding carboxylic acids is 1. The van der Waals surface area contributed by atoms with Crippen LogP contribution in [0.3, 0.4) is 0 Å². The molecule has 2 N–H and O–H groups in total. The lowest BCUT2D eigenvalue weighted by atomic mass is 10.2. The van der Waals surface area contributed by atoms with Crippen LogP contribution >= 0.6 is 0 Å². The summed E-state index contributed by atoms with van der Waals surface area (Å²) in [4.78, 5) is 12.7. The number of hydrogen-bond donors (Lipinski definition) is 2. The minimum Gasteiger partial charge on any atom is -0.495 e. The topological polar surface area (TPSA) is 131 Å². The van der Waals surface area contributed by atoms with Gasteiger partial charge in [0.05, 0.1) is 37.2 Å². The highest BCUT2D eigenvalue weighted by Gasteiger charge is 2.27. The molecule has 0 radical (unpaired) electrons. The lowest BCUT2D eigenvalue weighted by Crippen LogP contribution is -2.40. The molecule has 0 spiro atoms. The SMILES string of the molecule is COc1ccc(NC(=O)c2cccc(S(=O)(=O)N3CCOCC3)c2)cc1NS(C)(=O)=O. The maximum Gasteiger partial charge on any atom is 0.255 e. The molecule has 0 aliphatic carbocycles. The van der Waals surface area contributed by atoms with Gasteiger partial charge < -0.3 is 14.8 Å². The summed E-state index contributed by atoms with van der Waals surface area (Å²) in [7, 11) is -5.92. The molecule has 31 heavy (non-hydrogen) atoms. The molecule has 1 amide bonds. The van der Waals surface area contributed by atoms with Crippen molar-refractivity contribution in [3.05, 3.63) is 48.0 Å². The molecule has 2 aromatic rings. The van der Waals surface area contributed by atoms with Crippen LogP contribution in [-0.4, -0.2) is 66.7 Å². The second-order valence-corrected chi connectivity index (χ2v) is 10.5. The molecule has 10 nitrogen and oxygen atoms in total. The van der Waals surface area contributed by atoms with Gasteiger partial charge in [0.2, 0.25) is 20.0 Å². The number of hydrogen-bond acceptors (Lipinski definition) is 7. The van der Waals surface area contributed by atoms with Crippen LogP contribution in [0, 0.1) is 0 Å². The molecule has 1 aliphatic heterocycles. The monoisotopic (exact) mass is 469 g/mol. The van der Waals surface area contributed by atoms with E-state index in [2.05, 4.69) is 10.0 Å². The zero-order valence-electron chi connectivity index (χ0n) is 17.0. The molecule has 1 fully saturated rings. The first-order chi connectivity index (χ1) is 14.6. The summed E-state index contributed by atoms with van der Waals surface area (Å²) in [5.74, 6) is -0.267. The molecule has 1 saturated heterocycles. The molecule has 2 aromatic carbocycles. The third-order valence-corrected chi connectivity index (χ3v) is 6.94. The van der Waals surface area contributed by atoms with Gasteiger partial charge in [-0.3, -0.25) is 9.52 Å². The Morgan fingerprint density at radius 1 is 1.06 bits per heavy atom. The Hall–Kier alpha value is -2.67. The van der Waals surface area contributed by atoms with Crippen molar-refractivity contribution in [3.63, 3.8) is 0 Å². The standard InChI is InChI=1S/C19H23N3O7S2/c1-28-18-7-6-15(13-17(18)21-30(2,24)25)20-19(23)14-4-3-5-16(12-14)31(26,27)22-8-10-29-11-9-22/h3-7,12-13,21H,8-11H2,1-2H3,(H,20,23). The number of nitrogens with zero attached hydrogens (tertiary/aromatic N) is 1. The summed E-state index contributed by atoms with van der Waals surface area (Å²) in [6, 6.07) is 10.2. The van der Waals surface area contributed by atoms with E-state index < -0.39 is 26.0 Å². The number of anilines is 2. The minimum atomic E-state index is -3.75. The molecule has 168 valence electrons. The second-order valence-electron chi connectivity index (χ2n) is 6.79. The molecule has 0 unspecified atom stereocenters. The fourth-order valence-corrected chi connectivity index (χ4v) is 5.02. The Morgan fingerprint density at radius 3 is 2.42 bits per heavy atom. The van der Waals surface area contributed by atoms with E-state index in [1.807, 2.05) is 0 Å². The van der Waals surface area contributed by atoms with E-state index in [-0.39, 0.29) is 35.0 Å². The van der Waals surface area contributed by atoms with E-state index in [9.17, 15) is 21.6 Å². The average Bonchev–Trinajstić information content (AvgIpc) is 2.73. The van der Waals surface area contributed by atoms with Crippen LogP contribution in [-0.2, 0) is 24.8 Å². The van der Waals surface area contributed by atoms with E-state index in [0.29, 0.717) is 18.9 Å². The lowest BCUT2D eigenvalue weighted by molar-refractivity contribution is 0.0730. The van der Waals surface area contributed by atoms with Gasteiger partial charge in [-0.25, -0.2) is 16.8 Å². The predicted octanol–water partition coefficient (Wildman–Crippen LogP) is 1.34. The molecule has 0 aromatic heterocycles. The third-order valence-electron chi connectivity index (χ3n) is 4.46. The summed E-state index contributed by atoms with van der Waals surface area (Å²) in [5.41, 5.74) is 0.604. The highest BCUT2D eigenvalue weighted by Crippen LogP contribution is 2.29. The molecule has 12 heteroatoms. The Bertz CT molecular complexity index is 1170. The lowest BCUT2D eigenvalue weighted by Gasteiger charge is -2.26. The molecule has 1 heterocycles. The predicted molar refractivity (Wildman–Crippen MR) is 115 cm³/mol. The molecule has 1 aliphatic rings. The fourth-order valence-electron chi connectivity index (χ4n) is 3.00. The van der Waals surface area contributed by atoms with E-state index in [0.717, 1.165) is 6.26 Å². The zero-order chi connectivity index (χ0) is 22.6. The van der Waals surface area contributed by atoms with E-state index in [4.69, 9.17) is 9.47 Å². The maximum atomic E-state index is 12.8. The number of benzene rings is 2. The summed E-state index contributed by atoms with van der Waals surface area (Å²) < 4.78 is 62.7. The molecule has 0 atom stereocenters. The molecular weight excluding hydrogens is 446 g/mol. The number of methoxy groups -OCH3 is 1. The van der Waals surface area contributed by atoms with Crippen LogP contribution in [0.1, 0.15) is 10.4 Å². The highest BCUT2D eigenvalue weighted by molar-refractivity contribution is 7.92. The highest BCUT2D eigenvalue weighted by atomic mass is 32.2. The Balaban J connectivity index is 1.83. The van der Waals surface area contributed by atoms with Crippen LogP contribution in [0.2, 0.25) is 0 Å². The number of ether oxygens (including phenoxy) is 2. The first-order valence-corrected chi connectivity index (χ1v) is 12.6. The Morgan fingerprint density at radius 2 is 1.77 bits per heavy atom. The van der Waals surface area contributed by atoms with E-state index >= 15 is 0 Å². The number of amides is 1. The number of carbonyl (C=O) groups is 1.